The van der Waals surface area contributed by atoms with Gasteiger partial charge in [0.25, 0.3) is 30.4 Å². The Hall–Kier alpha value is -0.960. The summed E-state index contributed by atoms with van der Waals surface area (Å²) in [7, 11) is -9.45. The molecule has 0 unspecified atom stereocenters. The van der Waals surface area contributed by atoms with E-state index in [0.29, 0.717) is 19.3 Å². The van der Waals surface area contributed by atoms with Gasteiger partial charge in [0, 0.05) is 19.8 Å². The van der Waals surface area contributed by atoms with Crippen LogP contribution in [0.3, 0.4) is 0 Å². The molecule has 0 bridgehead atoms. The molecular formula is C21H42O15S3. The molecular weight excluding hydrogens is 588 g/mol. The molecule has 18 heteroatoms. The maximum absolute atomic E-state index is 11.4. The minimum absolute atomic E-state index is 0.0175. The molecule has 0 rings (SSSR count). The highest BCUT2D eigenvalue weighted by Gasteiger charge is 2.32. The SMILES string of the molecule is COC(=O)CCOCC(COCCCOS(C)(=O)=O)(COCCCOS(C)(=O)=O)COCCCOS(C)(=O)=O. The van der Waals surface area contributed by atoms with Crippen molar-refractivity contribution in [3.05, 3.63) is 0 Å². The predicted octanol–water partition coefficient (Wildman–Crippen LogP) is -0.299. The van der Waals surface area contributed by atoms with Crippen LogP contribution < -0.4 is 0 Å². The molecule has 0 atom stereocenters. The van der Waals surface area contributed by atoms with Crippen LogP contribution in [-0.4, -0.2) is 130 Å². The van der Waals surface area contributed by atoms with E-state index in [0.717, 1.165) is 18.8 Å². The monoisotopic (exact) mass is 630 g/mol. The van der Waals surface area contributed by atoms with Crippen LogP contribution in [-0.2, 0) is 71.4 Å². The van der Waals surface area contributed by atoms with Crippen molar-refractivity contribution in [2.75, 3.05) is 98.6 Å². The fraction of sp³-hybridized carbons (Fsp3) is 0.952. The molecule has 0 fully saturated rings. The molecule has 0 aromatic rings. The predicted molar refractivity (Wildman–Crippen MR) is 139 cm³/mol. The molecule has 15 nitrogen and oxygen atoms in total. The summed E-state index contributed by atoms with van der Waals surface area (Å²) in [6.07, 6.45) is 3.73. The maximum Gasteiger partial charge on any atom is 0.307 e. The van der Waals surface area contributed by atoms with Crippen molar-refractivity contribution in [3.8, 4) is 0 Å². The maximum atomic E-state index is 11.4. The third-order valence-corrected chi connectivity index (χ3v) is 6.29. The minimum atomic E-state index is -3.57. The molecule has 0 aromatic carbocycles. The van der Waals surface area contributed by atoms with Crippen molar-refractivity contribution in [1.29, 1.82) is 0 Å². The van der Waals surface area contributed by atoms with Gasteiger partial charge in [-0.05, 0) is 19.3 Å². The number of esters is 1. The van der Waals surface area contributed by atoms with Crippen LogP contribution in [0.2, 0.25) is 0 Å². The van der Waals surface area contributed by atoms with E-state index in [-0.39, 0.29) is 79.1 Å². The Bertz CT molecular complexity index is 871. The van der Waals surface area contributed by atoms with Gasteiger partial charge in [-0.2, -0.15) is 25.3 Å². The first kappa shape index (κ1) is 38.0. The van der Waals surface area contributed by atoms with Crippen molar-refractivity contribution in [3.63, 3.8) is 0 Å². The van der Waals surface area contributed by atoms with E-state index < -0.39 is 41.7 Å². The van der Waals surface area contributed by atoms with Crippen LogP contribution in [0.15, 0.2) is 0 Å². The smallest absolute Gasteiger partial charge is 0.307 e. The molecule has 39 heavy (non-hydrogen) atoms. The Kier molecular flexibility index (Phi) is 19.5. The van der Waals surface area contributed by atoms with Gasteiger partial charge in [-0.25, -0.2) is 0 Å². The fourth-order valence-electron chi connectivity index (χ4n) is 2.78. The Balaban J connectivity index is 5.14. The summed E-state index contributed by atoms with van der Waals surface area (Å²) in [6.45, 7) is 0.568. The molecule has 0 heterocycles. The number of carbonyl (C=O) groups is 1. The number of rotatable bonds is 26. The first-order chi connectivity index (χ1) is 18.1. The lowest BCUT2D eigenvalue weighted by molar-refractivity contribution is -0.143. The lowest BCUT2D eigenvalue weighted by Gasteiger charge is -2.33. The quantitative estimate of drug-likeness (QED) is 0.0686. The number of hydrogen-bond donors (Lipinski definition) is 0. The van der Waals surface area contributed by atoms with Gasteiger partial charge in [0.1, 0.15) is 0 Å². The summed E-state index contributed by atoms with van der Waals surface area (Å²) >= 11 is 0. The fourth-order valence-corrected chi connectivity index (χ4v) is 4.04. The molecule has 0 radical (unpaired) electrons. The van der Waals surface area contributed by atoms with E-state index in [4.69, 9.17) is 31.5 Å². The zero-order valence-electron chi connectivity index (χ0n) is 23.0. The van der Waals surface area contributed by atoms with E-state index in [1.54, 1.807) is 0 Å². The Morgan fingerprint density at radius 3 is 1.13 bits per heavy atom. The first-order valence-electron chi connectivity index (χ1n) is 12.0. The highest BCUT2D eigenvalue weighted by molar-refractivity contribution is 7.86. The second kappa shape index (κ2) is 20.0. The molecule has 0 N–H and O–H groups in total. The summed E-state index contributed by atoms with van der Waals surface area (Å²) in [6, 6.07) is 0. The normalized spacial score (nSPS) is 13.0. The largest absolute Gasteiger partial charge is 0.469 e. The van der Waals surface area contributed by atoms with E-state index in [1.807, 2.05) is 0 Å². The molecule has 0 spiro atoms. The minimum Gasteiger partial charge on any atom is -0.469 e. The summed E-state index contributed by atoms with van der Waals surface area (Å²) < 4.78 is 108. The highest BCUT2D eigenvalue weighted by Crippen LogP contribution is 2.21. The van der Waals surface area contributed by atoms with E-state index in [9.17, 15) is 30.0 Å². The summed E-state index contributed by atoms with van der Waals surface area (Å²) in [4.78, 5) is 11.4. The molecule has 0 amide bonds. The van der Waals surface area contributed by atoms with Crippen molar-refractivity contribution >= 4 is 36.3 Å². The van der Waals surface area contributed by atoms with Crippen LogP contribution in [0.5, 0.6) is 0 Å². The number of hydrogen-bond acceptors (Lipinski definition) is 15. The standard InChI is InChI=1S/C21H42O15S3/c1-29-20(22)8-15-33-19-21(16-30-9-5-12-34-37(2,23)24,17-31-10-6-13-35-38(3,25)26)18-32-11-7-14-36-39(4,27)28/h5-19H2,1-4H3. The molecule has 234 valence electrons. The second-order valence-electron chi connectivity index (χ2n) is 8.68. The van der Waals surface area contributed by atoms with Gasteiger partial charge in [-0.1, -0.05) is 0 Å². The summed E-state index contributed by atoms with van der Waals surface area (Å²) in [5.41, 5.74) is -0.886. The summed E-state index contributed by atoms with van der Waals surface area (Å²) in [5.74, 6) is -0.452. The van der Waals surface area contributed by atoms with Gasteiger partial charge >= 0.3 is 5.97 Å². The third kappa shape index (κ3) is 25.7. The van der Waals surface area contributed by atoms with Crippen LogP contribution in [0, 0.1) is 5.41 Å². The van der Waals surface area contributed by atoms with Gasteiger partial charge in [-0.3, -0.25) is 17.3 Å². The molecule has 0 saturated carbocycles. The van der Waals surface area contributed by atoms with Crippen LogP contribution >= 0.6 is 0 Å². The first-order valence-corrected chi connectivity index (χ1v) is 17.4. The molecule has 0 aliphatic carbocycles. The zero-order chi connectivity index (χ0) is 29.8. The van der Waals surface area contributed by atoms with E-state index >= 15 is 0 Å². The molecule has 0 aromatic heterocycles. The highest BCUT2D eigenvalue weighted by atomic mass is 32.2. The van der Waals surface area contributed by atoms with Crippen molar-refractivity contribution in [2.45, 2.75) is 25.7 Å². The van der Waals surface area contributed by atoms with Crippen molar-refractivity contribution < 1.29 is 66.3 Å². The van der Waals surface area contributed by atoms with Gasteiger partial charge < -0.3 is 23.7 Å². The lowest BCUT2D eigenvalue weighted by Crippen LogP contribution is -2.42. The Labute approximate surface area is 232 Å². The van der Waals surface area contributed by atoms with Gasteiger partial charge in [0.15, 0.2) is 0 Å². The lowest BCUT2D eigenvalue weighted by atomic mass is 9.92. The van der Waals surface area contributed by atoms with Crippen LogP contribution in [0.25, 0.3) is 0 Å². The van der Waals surface area contributed by atoms with Gasteiger partial charge in [-0.15, -0.1) is 0 Å². The van der Waals surface area contributed by atoms with Gasteiger partial charge in [0.2, 0.25) is 0 Å². The van der Waals surface area contributed by atoms with Crippen molar-refractivity contribution in [1.82, 2.24) is 0 Å². The Morgan fingerprint density at radius 2 is 0.846 bits per heavy atom. The molecule has 0 saturated heterocycles. The summed E-state index contributed by atoms with van der Waals surface area (Å²) in [5, 5.41) is 0. The van der Waals surface area contributed by atoms with Crippen LogP contribution in [0.4, 0.5) is 0 Å². The molecule has 0 aliphatic rings. The number of carbonyl (C=O) groups excluding carboxylic acids is 1. The number of methoxy groups -OCH3 is 1. The van der Waals surface area contributed by atoms with Crippen molar-refractivity contribution in [2.24, 2.45) is 5.41 Å². The third-order valence-electron chi connectivity index (χ3n) is 4.50. The van der Waals surface area contributed by atoms with E-state index in [2.05, 4.69) is 4.74 Å². The second-order valence-corrected chi connectivity index (χ2v) is 13.6. The Morgan fingerprint density at radius 1 is 0.538 bits per heavy atom. The average molecular weight is 631 g/mol. The topological polar surface area (TPSA) is 193 Å². The molecule has 0 aliphatic heterocycles. The van der Waals surface area contributed by atoms with Gasteiger partial charge in [0.05, 0.1) is 90.6 Å². The van der Waals surface area contributed by atoms with Crippen LogP contribution in [0.1, 0.15) is 25.7 Å². The number of ether oxygens (including phenoxy) is 5. The average Bonchev–Trinajstić information content (AvgIpc) is 2.81. The zero-order valence-corrected chi connectivity index (χ0v) is 25.4. The van der Waals surface area contributed by atoms with E-state index in [1.165, 1.54) is 7.11 Å².